The SMILES string of the molecule is Cc1nn(C)c(C)c1Oc1ncc(CCN)cn1. The van der Waals surface area contributed by atoms with E-state index in [4.69, 9.17) is 10.5 Å². The Balaban J connectivity index is 2.18. The lowest BCUT2D eigenvalue weighted by molar-refractivity contribution is 0.434. The Kier molecular flexibility index (Phi) is 3.57. The predicted octanol–water partition coefficient (Wildman–Crippen LogP) is 1.12. The lowest BCUT2D eigenvalue weighted by Gasteiger charge is -2.04. The summed E-state index contributed by atoms with van der Waals surface area (Å²) in [6.45, 7) is 4.42. The molecular weight excluding hydrogens is 230 g/mol. The van der Waals surface area contributed by atoms with Crippen molar-refractivity contribution in [2.45, 2.75) is 20.3 Å². The van der Waals surface area contributed by atoms with Gasteiger partial charge in [0, 0.05) is 19.4 Å². The van der Waals surface area contributed by atoms with Gasteiger partial charge in [-0.25, -0.2) is 9.97 Å². The van der Waals surface area contributed by atoms with Crippen molar-refractivity contribution in [3.8, 4) is 11.8 Å². The highest BCUT2D eigenvalue weighted by Gasteiger charge is 2.12. The second-order valence-corrected chi connectivity index (χ2v) is 4.14. The van der Waals surface area contributed by atoms with E-state index >= 15 is 0 Å². The Morgan fingerprint density at radius 2 is 1.94 bits per heavy atom. The van der Waals surface area contributed by atoms with Gasteiger partial charge in [-0.2, -0.15) is 5.10 Å². The van der Waals surface area contributed by atoms with E-state index in [1.54, 1.807) is 17.1 Å². The van der Waals surface area contributed by atoms with Crippen molar-refractivity contribution >= 4 is 0 Å². The first-order chi connectivity index (χ1) is 8.61. The first-order valence-corrected chi connectivity index (χ1v) is 5.81. The summed E-state index contributed by atoms with van der Waals surface area (Å²) in [6, 6.07) is 0.329. The van der Waals surface area contributed by atoms with Crippen LogP contribution in [0, 0.1) is 13.8 Å². The van der Waals surface area contributed by atoms with Crippen molar-refractivity contribution in [3.05, 3.63) is 29.3 Å². The van der Waals surface area contributed by atoms with Gasteiger partial charge in [0.15, 0.2) is 5.75 Å². The van der Waals surface area contributed by atoms with Gasteiger partial charge in [0.2, 0.25) is 0 Å². The van der Waals surface area contributed by atoms with Crippen molar-refractivity contribution in [2.75, 3.05) is 6.54 Å². The van der Waals surface area contributed by atoms with Crippen molar-refractivity contribution in [3.63, 3.8) is 0 Å². The number of aromatic nitrogens is 4. The van der Waals surface area contributed by atoms with Crippen LogP contribution in [-0.2, 0) is 13.5 Å². The Labute approximate surface area is 106 Å². The molecule has 2 rings (SSSR count). The molecule has 0 aliphatic carbocycles. The molecule has 0 saturated heterocycles. The van der Waals surface area contributed by atoms with Crippen LogP contribution in [0.15, 0.2) is 12.4 Å². The highest BCUT2D eigenvalue weighted by Crippen LogP contribution is 2.25. The number of nitrogens with zero attached hydrogens (tertiary/aromatic N) is 4. The predicted molar refractivity (Wildman–Crippen MR) is 67.5 cm³/mol. The summed E-state index contributed by atoms with van der Waals surface area (Å²) in [5.74, 6) is 0.712. The van der Waals surface area contributed by atoms with Crippen LogP contribution >= 0.6 is 0 Å². The first kappa shape index (κ1) is 12.5. The van der Waals surface area contributed by atoms with Crippen LogP contribution in [0.2, 0.25) is 0 Å². The fourth-order valence-corrected chi connectivity index (χ4v) is 1.68. The van der Waals surface area contributed by atoms with E-state index in [-0.39, 0.29) is 0 Å². The number of hydrogen-bond acceptors (Lipinski definition) is 5. The van der Waals surface area contributed by atoms with Gasteiger partial charge in [-0.1, -0.05) is 0 Å². The molecule has 0 spiro atoms. The largest absolute Gasteiger partial charge is 0.420 e. The smallest absolute Gasteiger partial charge is 0.322 e. The second kappa shape index (κ2) is 5.14. The van der Waals surface area contributed by atoms with Gasteiger partial charge in [0.1, 0.15) is 5.69 Å². The van der Waals surface area contributed by atoms with Crippen LogP contribution in [0.3, 0.4) is 0 Å². The lowest BCUT2D eigenvalue weighted by atomic mass is 10.2. The van der Waals surface area contributed by atoms with Gasteiger partial charge in [-0.05, 0) is 32.4 Å². The molecule has 18 heavy (non-hydrogen) atoms. The van der Waals surface area contributed by atoms with Gasteiger partial charge in [-0.3, -0.25) is 4.68 Å². The number of aryl methyl sites for hydroxylation is 2. The molecule has 2 heterocycles. The number of ether oxygens (including phenoxy) is 1. The molecule has 0 atom stereocenters. The molecule has 0 radical (unpaired) electrons. The number of nitrogens with two attached hydrogens (primary N) is 1. The van der Waals surface area contributed by atoms with E-state index in [9.17, 15) is 0 Å². The fourth-order valence-electron chi connectivity index (χ4n) is 1.68. The summed E-state index contributed by atoms with van der Waals surface area (Å²) < 4.78 is 7.43. The number of hydrogen-bond donors (Lipinski definition) is 1. The van der Waals surface area contributed by atoms with Crippen LogP contribution in [0.1, 0.15) is 17.0 Å². The third-order valence-electron chi connectivity index (χ3n) is 2.75. The van der Waals surface area contributed by atoms with Crippen LogP contribution in [-0.4, -0.2) is 26.3 Å². The zero-order valence-corrected chi connectivity index (χ0v) is 10.8. The van der Waals surface area contributed by atoms with Crippen LogP contribution in [0.4, 0.5) is 0 Å². The summed E-state index contributed by atoms with van der Waals surface area (Å²) >= 11 is 0. The molecule has 2 aromatic heterocycles. The monoisotopic (exact) mass is 247 g/mol. The molecule has 0 bridgehead atoms. The average Bonchev–Trinajstić information content (AvgIpc) is 2.59. The maximum absolute atomic E-state index is 5.66. The molecule has 0 aromatic carbocycles. The highest BCUT2D eigenvalue weighted by atomic mass is 16.5. The molecule has 0 saturated carbocycles. The van der Waals surface area contributed by atoms with Crippen molar-refractivity contribution < 1.29 is 4.74 Å². The maximum atomic E-state index is 5.66. The molecule has 0 unspecified atom stereocenters. The van der Waals surface area contributed by atoms with E-state index in [1.165, 1.54) is 0 Å². The van der Waals surface area contributed by atoms with Gasteiger partial charge in [0.25, 0.3) is 0 Å². The Bertz CT molecular complexity index is 532. The second-order valence-electron chi connectivity index (χ2n) is 4.14. The van der Waals surface area contributed by atoms with Gasteiger partial charge >= 0.3 is 6.01 Å². The van der Waals surface area contributed by atoms with Gasteiger partial charge in [0.05, 0.1) is 5.69 Å². The zero-order chi connectivity index (χ0) is 13.1. The van der Waals surface area contributed by atoms with Crippen molar-refractivity contribution in [2.24, 2.45) is 12.8 Å². The van der Waals surface area contributed by atoms with Crippen LogP contribution in [0.25, 0.3) is 0 Å². The summed E-state index contributed by atoms with van der Waals surface area (Å²) in [5, 5.41) is 4.27. The van der Waals surface area contributed by atoms with Crippen LogP contribution in [0.5, 0.6) is 11.8 Å². The minimum atomic E-state index is 0.329. The minimum absolute atomic E-state index is 0.329. The van der Waals surface area contributed by atoms with E-state index in [2.05, 4.69) is 15.1 Å². The quantitative estimate of drug-likeness (QED) is 0.875. The summed E-state index contributed by atoms with van der Waals surface area (Å²) in [4.78, 5) is 8.32. The zero-order valence-electron chi connectivity index (χ0n) is 10.8. The standard InChI is InChI=1S/C12H17N5O/c1-8-11(9(2)17(3)16-8)18-12-14-6-10(4-5-13)7-15-12/h6-7H,4-5,13H2,1-3H3. The third kappa shape index (κ3) is 2.48. The Morgan fingerprint density at radius 3 is 2.44 bits per heavy atom. The Hall–Kier alpha value is -1.95. The molecule has 6 nitrogen and oxygen atoms in total. The normalized spacial score (nSPS) is 10.7. The molecule has 0 fully saturated rings. The van der Waals surface area contributed by atoms with E-state index in [0.717, 1.165) is 23.4 Å². The molecular formula is C12H17N5O. The van der Waals surface area contributed by atoms with Crippen molar-refractivity contribution in [1.29, 1.82) is 0 Å². The molecule has 2 N–H and O–H groups in total. The van der Waals surface area contributed by atoms with E-state index in [1.807, 2.05) is 20.9 Å². The average molecular weight is 247 g/mol. The summed E-state index contributed by atoms with van der Waals surface area (Å²) in [7, 11) is 1.88. The first-order valence-electron chi connectivity index (χ1n) is 5.81. The molecule has 6 heteroatoms. The third-order valence-corrected chi connectivity index (χ3v) is 2.75. The Morgan fingerprint density at radius 1 is 1.28 bits per heavy atom. The molecule has 2 aromatic rings. The summed E-state index contributed by atoms with van der Waals surface area (Å²) in [5.41, 5.74) is 8.24. The van der Waals surface area contributed by atoms with E-state index < -0.39 is 0 Å². The molecule has 96 valence electrons. The van der Waals surface area contributed by atoms with Gasteiger partial charge in [-0.15, -0.1) is 0 Å². The van der Waals surface area contributed by atoms with Gasteiger partial charge < -0.3 is 10.5 Å². The minimum Gasteiger partial charge on any atom is -0.420 e. The van der Waals surface area contributed by atoms with Crippen molar-refractivity contribution in [1.82, 2.24) is 19.7 Å². The molecule has 0 aliphatic rings. The van der Waals surface area contributed by atoms with E-state index in [0.29, 0.717) is 18.3 Å². The fraction of sp³-hybridized carbons (Fsp3) is 0.417. The lowest BCUT2D eigenvalue weighted by Crippen LogP contribution is -2.04. The number of rotatable bonds is 4. The molecule has 0 amide bonds. The molecule has 0 aliphatic heterocycles. The highest BCUT2D eigenvalue weighted by molar-refractivity contribution is 5.33. The topological polar surface area (TPSA) is 78.8 Å². The maximum Gasteiger partial charge on any atom is 0.322 e. The van der Waals surface area contributed by atoms with Crippen LogP contribution < -0.4 is 10.5 Å². The summed E-state index contributed by atoms with van der Waals surface area (Å²) in [6.07, 6.45) is 4.23.